The summed E-state index contributed by atoms with van der Waals surface area (Å²) < 4.78 is 5.22. The number of anilines is 1. The standard InChI is InChI=1S/C18H25ClN6O/c1-13(2)17-22-16(26-23-17)7-8-21-18(20)25-11-9-24(10-12-25)15-5-3-14(19)4-6-15/h3-6,13H,7-12H2,1-2H3,(H2,20,21). The van der Waals surface area contributed by atoms with Crippen LogP contribution in [0.1, 0.15) is 31.5 Å². The maximum absolute atomic E-state index is 6.14. The number of piperazine rings is 1. The number of aliphatic imine (C=N–C) groups is 1. The lowest BCUT2D eigenvalue weighted by molar-refractivity contribution is 0.370. The van der Waals surface area contributed by atoms with E-state index in [4.69, 9.17) is 21.9 Å². The van der Waals surface area contributed by atoms with E-state index in [1.54, 1.807) is 0 Å². The van der Waals surface area contributed by atoms with E-state index >= 15 is 0 Å². The Bertz CT molecular complexity index is 734. The van der Waals surface area contributed by atoms with E-state index in [9.17, 15) is 0 Å². The lowest BCUT2D eigenvalue weighted by atomic mass is 10.2. The molecule has 0 amide bonds. The molecule has 1 aromatic heterocycles. The van der Waals surface area contributed by atoms with Crippen LogP contribution in [-0.4, -0.2) is 53.7 Å². The minimum absolute atomic E-state index is 0.262. The van der Waals surface area contributed by atoms with Gasteiger partial charge >= 0.3 is 0 Å². The Morgan fingerprint density at radius 3 is 2.54 bits per heavy atom. The van der Waals surface area contributed by atoms with Crippen LogP contribution < -0.4 is 10.6 Å². The zero-order valence-corrected chi connectivity index (χ0v) is 16.0. The van der Waals surface area contributed by atoms with Gasteiger partial charge < -0.3 is 20.1 Å². The molecule has 0 bridgehead atoms. The molecule has 0 spiro atoms. The van der Waals surface area contributed by atoms with Gasteiger partial charge in [-0.1, -0.05) is 30.6 Å². The molecule has 8 heteroatoms. The molecule has 0 saturated carbocycles. The monoisotopic (exact) mass is 376 g/mol. The zero-order valence-electron chi connectivity index (χ0n) is 15.2. The lowest BCUT2D eigenvalue weighted by Crippen LogP contribution is -2.51. The Labute approximate surface area is 158 Å². The molecule has 7 nitrogen and oxygen atoms in total. The van der Waals surface area contributed by atoms with Gasteiger partial charge in [0.2, 0.25) is 5.89 Å². The summed E-state index contributed by atoms with van der Waals surface area (Å²) >= 11 is 5.95. The van der Waals surface area contributed by atoms with Gasteiger partial charge in [-0.25, -0.2) is 0 Å². The summed E-state index contributed by atoms with van der Waals surface area (Å²) in [5.41, 5.74) is 7.33. The van der Waals surface area contributed by atoms with Gasteiger partial charge in [0, 0.05) is 49.2 Å². The highest BCUT2D eigenvalue weighted by molar-refractivity contribution is 6.30. The quantitative estimate of drug-likeness (QED) is 0.637. The molecule has 26 heavy (non-hydrogen) atoms. The van der Waals surface area contributed by atoms with Crippen molar-refractivity contribution in [1.29, 1.82) is 0 Å². The largest absolute Gasteiger partial charge is 0.370 e. The summed E-state index contributed by atoms with van der Waals surface area (Å²) in [5, 5.41) is 4.71. The molecule has 1 aliphatic heterocycles. The van der Waals surface area contributed by atoms with Crippen molar-refractivity contribution in [2.75, 3.05) is 37.6 Å². The smallest absolute Gasteiger partial charge is 0.228 e. The summed E-state index contributed by atoms with van der Waals surface area (Å²) in [6, 6.07) is 7.93. The molecule has 1 aliphatic rings. The number of rotatable bonds is 5. The summed E-state index contributed by atoms with van der Waals surface area (Å²) in [6.45, 7) is 8.11. The molecule has 0 radical (unpaired) electrons. The van der Waals surface area contributed by atoms with E-state index in [2.05, 4.69) is 24.9 Å². The molecule has 2 aromatic rings. The zero-order chi connectivity index (χ0) is 18.5. The number of hydrogen-bond acceptors (Lipinski definition) is 5. The van der Waals surface area contributed by atoms with Crippen molar-refractivity contribution in [3.63, 3.8) is 0 Å². The van der Waals surface area contributed by atoms with Crippen molar-refractivity contribution in [1.82, 2.24) is 15.0 Å². The molecule has 0 unspecified atom stereocenters. The highest BCUT2D eigenvalue weighted by atomic mass is 35.5. The second-order valence-electron chi connectivity index (χ2n) is 6.64. The Morgan fingerprint density at radius 1 is 1.23 bits per heavy atom. The summed E-state index contributed by atoms with van der Waals surface area (Å²) in [7, 11) is 0. The fourth-order valence-electron chi connectivity index (χ4n) is 2.82. The predicted octanol–water partition coefficient (Wildman–Crippen LogP) is 2.53. The van der Waals surface area contributed by atoms with E-state index < -0.39 is 0 Å². The molecule has 0 aliphatic carbocycles. The third kappa shape index (κ3) is 4.66. The molecule has 3 rings (SSSR count). The number of nitrogens with zero attached hydrogens (tertiary/aromatic N) is 5. The van der Waals surface area contributed by atoms with Crippen LogP contribution in [0.15, 0.2) is 33.8 Å². The molecule has 1 aromatic carbocycles. The molecule has 1 fully saturated rings. The first-order chi connectivity index (χ1) is 12.5. The fraction of sp³-hybridized carbons (Fsp3) is 0.500. The van der Waals surface area contributed by atoms with Crippen molar-refractivity contribution in [3.8, 4) is 0 Å². The van der Waals surface area contributed by atoms with Crippen molar-refractivity contribution in [2.24, 2.45) is 10.7 Å². The summed E-state index contributed by atoms with van der Waals surface area (Å²) in [6.07, 6.45) is 0.602. The van der Waals surface area contributed by atoms with Crippen LogP contribution in [0.4, 0.5) is 5.69 Å². The second kappa shape index (κ2) is 8.40. The Kier molecular flexibility index (Phi) is 5.98. The minimum atomic E-state index is 0.262. The highest BCUT2D eigenvalue weighted by Gasteiger charge is 2.18. The van der Waals surface area contributed by atoms with Crippen molar-refractivity contribution in [3.05, 3.63) is 41.0 Å². The van der Waals surface area contributed by atoms with Crippen molar-refractivity contribution < 1.29 is 4.52 Å². The van der Waals surface area contributed by atoms with Gasteiger partial charge in [-0.15, -0.1) is 0 Å². The minimum Gasteiger partial charge on any atom is -0.370 e. The average molecular weight is 377 g/mol. The summed E-state index contributed by atoms with van der Waals surface area (Å²) in [4.78, 5) is 13.3. The van der Waals surface area contributed by atoms with Crippen LogP contribution >= 0.6 is 11.6 Å². The maximum atomic E-state index is 6.14. The van der Waals surface area contributed by atoms with Gasteiger partial charge in [-0.3, -0.25) is 4.99 Å². The van der Waals surface area contributed by atoms with Gasteiger partial charge in [0.05, 0.1) is 6.54 Å². The third-order valence-electron chi connectivity index (χ3n) is 4.40. The SMILES string of the molecule is CC(C)c1noc(CCN=C(N)N2CCN(c3ccc(Cl)cc3)CC2)n1. The van der Waals surface area contributed by atoms with Crippen LogP contribution in [0, 0.1) is 0 Å². The Hall–Kier alpha value is -2.28. The second-order valence-corrected chi connectivity index (χ2v) is 7.08. The Balaban J connectivity index is 1.47. The fourth-order valence-corrected chi connectivity index (χ4v) is 2.94. The number of halogens is 1. The highest BCUT2D eigenvalue weighted by Crippen LogP contribution is 2.19. The third-order valence-corrected chi connectivity index (χ3v) is 4.65. The Morgan fingerprint density at radius 2 is 1.92 bits per heavy atom. The molecular formula is C18H25ClN6O. The number of nitrogens with two attached hydrogens (primary N) is 1. The van der Waals surface area contributed by atoms with Crippen LogP contribution in [0.3, 0.4) is 0 Å². The van der Waals surface area contributed by atoms with Crippen LogP contribution in [0.5, 0.6) is 0 Å². The number of benzene rings is 1. The summed E-state index contributed by atoms with van der Waals surface area (Å²) in [5.74, 6) is 2.18. The van der Waals surface area contributed by atoms with Gasteiger partial charge in [-0.2, -0.15) is 4.98 Å². The van der Waals surface area contributed by atoms with Gasteiger partial charge in [0.25, 0.3) is 0 Å². The van der Waals surface area contributed by atoms with Gasteiger partial charge in [-0.05, 0) is 24.3 Å². The number of guanidine groups is 1. The van der Waals surface area contributed by atoms with Crippen LogP contribution in [-0.2, 0) is 6.42 Å². The first-order valence-electron chi connectivity index (χ1n) is 8.91. The predicted molar refractivity (Wildman–Crippen MR) is 104 cm³/mol. The van der Waals surface area contributed by atoms with E-state index in [-0.39, 0.29) is 5.92 Å². The first-order valence-corrected chi connectivity index (χ1v) is 9.28. The topological polar surface area (TPSA) is 83.8 Å². The number of hydrogen-bond donors (Lipinski definition) is 1. The molecule has 2 N–H and O–H groups in total. The lowest BCUT2D eigenvalue weighted by Gasteiger charge is -2.36. The van der Waals surface area contributed by atoms with E-state index in [1.165, 1.54) is 5.69 Å². The molecular weight excluding hydrogens is 352 g/mol. The van der Waals surface area contributed by atoms with Gasteiger partial charge in [0.15, 0.2) is 11.8 Å². The van der Waals surface area contributed by atoms with Crippen LogP contribution in [0.2, 0.25) is 5.02 Å². The van der Waals surface area contributed by atoms with Gasteiger partial charge in [0.1, 0.15) is 0 Å². The van der Waals surface area contributed by atoms with Crippen molar-refractivity contribution in [2.45, 2.75) is 26.2 Å². The molecule has 140 valence electrons. The number of aromatic nitrogens is 2. The van der Waals surface area contributed by atoms with E-state index in [0.717, 1.165) is 37.0 Å². The molecule has 2 heterocycles. The van der Waals surface area contributed by atoms with E-state index in [1.807, 2.05) is 38.1 Å². The maximum Gasteiger partial charge on any atom is 0.228 e. The molecule has 0 atom stereocenters. The van der Waals surface area contributed by atoms with Crippen molar-refractivity contribution >= 4 is 23.2 Å². The van der Waals surface area contributed by atoms with Crippen LogP contribution in [0.25, 0.3) is 0 Å². The average Bonchev–Trinajstić information content (AvgIpc) is 3.12. The first kappa shape index (κ1) is 18.5. The normalized spacial score (nSPS) is 15.8. The molecule has 1 saturated heterocycles. The van der Waals surface area contributed by atoms with E-state index in [0.29, 0.717) is 24.8 Å².